The SMILES string of the molecule is Cn1cc(OC(=O)O)c(=O)c2cc(F)c(NCCCCCC(P(=O)(O)O)P(=O)(O)O)cc21. The maximum Gasteiger partial charge on any atom is 0.511 e. The Bertz CT molecular complexity index is 1130. The van der Waals surface area contributed by atoms with Gasteiger partial charge >= 0.3 is 21.3 Å². The van der Waals surface area contributed by atoms with Gasteiger partial charge in [0.25, 0.3) is 0 Å². The monoisotopic (exact) mass is 496 g/mol. The van der Waals surface area contributed by atoms with E-state index in [9.17, 15) is 23.1 Å². The zero-order valence-corrected chi connectivity index (χ0v) is 18.6. The molecule has 0 radical (unpaired) electrons. The lowest BCUT2D eigenvalue weighted by Crippen LogP contribution is -2.16. The van der Waals surface area contributed by atoms with Crippen molar-refractivity contribution in [3.8, 4) is 5.75 Å². The normalized spacial score (nSPS) is 12.3. The molecule has 2 aromatic rings. The van der Waals surface area contributed by atoms with Crippen molar-refractivity contribution in [3.05, 3.63) is 34.4 Å². The third-order valence-corrected chi connectivity index (χ3v) is 8.55. The number of aryl methyl sites for hydroxylation is 1. The number of benzene rings is 1. The van der Waals surface area contributed by atoms with Crippen molar-refractivity contribution in [1.29, 1.82) is 0 Å². The summed E-state index contributed by atoms with van der Waals surface area (Å²) in [5.41, 5.74) is -0.388. The smallest absolute Gasteiger partial charge is 0.449 e. The van der Waals surface area contributed by atoms with Crippen LogP contribution in [0.15, 0.2) is 23.1 Å². The van der Waals surface area contributed by atoms with Crippen molar-refractivity contribution in [2.75, 3.05) is 11.9 Å². The Morgan fingerprint density at radius 2 is 1.78 bits per heavy atom. The van der Waals surface area contributed by atoms with Crippen molar-refractivity contribution < 1.29 is 47.7 Å². The Morgan fingerprint density at radius 3 is 2.34 bits per heavy atom. The molecule has 32 heavy (non-hydrogen) atoms. The highest BCUT2D eigenvalue weighted by Gasteiger charge is 2.42. The summed E-state index contributed by atoms with van der Waals surface area (Å²) >= 11 is 0. The number of carbonyl (C=O) groups is 1. The largest absolute Gasteiger partial charge is 0.511 e. The molecule has 15 heteroatoms. The lowest BCUT2D eigenvalue weighted by Gasteiger charge is -2.19. The minimum atomic E-state index is -4.95. The zero-order valence-electron chi connectivity index (χ0n) is 16.8. The lowest BCUT2D eigenvalue weighted by atomic mass is 10.1. The molecule has 178 valence electrons. The summed E-state index contributed by atoms with van der Waals surface area (Å²) in [5, 5.41) is 9.40. The second-order valence-electron chi connectivity index (χ2n) is 7.09. The number of pyridine rings is 1. The average Bonchev–Trinajstić information content (AvgIpc) is 2.63. The van der Waals surface area contributed by atoms with E-state index in [4.69, 9.17) is 24.7 Å². The maximum absolute atomic E-state index is 14.4. The van der Waals surface area contributed by atoms with Gasteiger partial charge in [-0.1, -0.05) is 12.8 Å². The Hall–Kier alpha value is -2.27. The van der Waals surface area contributed by atoms with Gasteiger partial charge < -0.3 is 39.3 Å². The van der Waals surface area contributed by atoms with E-state index in [1.807, 2.05) is 0 Å². The van der Waals surface area contributed by atoms with Crippen LogP contribution in [0.2, 0.25) is 0 Å². The number of carboxylic acid groups (broad SMARTS) is 1. The van der Waals surface area contributed by atoms with Crippen molar-refractivity contribution in [1.82, 2.24) is 4.57 Å². The standard InChI is InChI=1S/C17H23FN2O10P2/c1-20-9-14(30-17(22)23)16(21)10-7-11(18)12(8-13(10)20)19-6-4-2-3-5-15(31(24,25)26)32(27,28)29/h7-9,15,19H,2-6H2,1H3,(H,22,23)(H2,24,25,26)(H2,27,28,29). The number of halogens is 1. The number of nitrogens with zero attached hydrogens (tertiary/aromatic N) is 1. The molecule has 0 saturated heterocycles. The molecule has 0 aliphatic heterocycles. The maximum atomic E-state index is 14.4. The second-order valence-corrected chi connectivity index (χ2v) is 11.1. The average molecular weight is 496 g/mol. The van der Waals surface area contributed by atoms with Crippen LogP contribution in [0, 0.1) is 5.82 Å². The van der Waals surface area contributed by atoms with Crippen molar-refractivity contribution in [3.63, 3.8) is 0 Å². The van der Waals surface area contributed by atoms with Crippen LogP contribution in [0.4, 0.5) is 14.9 Å². The first-order valence-electron chi connectivity index (χ1n) is 9.29. The second kappa shape index (κ2) is 10.1. The van der Waals surface area contributed by atoms with Gasteiger partial charge in [0, 0.05) is 13.6 Å². The molecule has 1 aromatic carbocycles. The Morgan fingerprint density at radius 1 is 1.16 bits per heavy atom. The molecule has 6 N–H and O–H groups in total. The van der Waals surface area contributed by atoms with Gasteiger partial charge in [0.15, 0.2) is 11.1 Å². The molecule has 0 fully saturated rings. The third kappa shape index (κ3) is 6.61. The van der Waals surface area contributed by atoms with Crippen LogP contribution in [0.3, 0.4) is 0 Å². The summed E-state index contributed by atoms with van der Waals surface area (Å²) < 4.78 is 42.7. The van der Waals surface area contributed by atoms with Gasteiger partial charge in [-0.25, -0.2) is 9.18 Å². The van der Waals surface area contributed by atoms with E-state index >= 15 is 0 Å². The number of ether oxygens (including phenoxy) is 1. The van der Waals surface area contributed by atoms with Gasteiger partial charge in [-0.05, 0) is 25.0 Å². The number of nitrogens with one attached hydrogen (secondary N) is 1. The van der Waals surface area contributed by atoms with Crippen LogP contribution < -0.4 is 15.5 Å². The zero-order chi connectivity index (χ0) is 24.3. The number of aromatic nitrogens is 1. The molecule has 0 spiro atoms. The van der Waals surface area contributed by atoms with Crippen molar-refractivity contribution >= 4 is 37.9 Å². The number of rotatable bonds is 10. The predicted molar refractivity (Wildman–Crippen MR) is 113 cm³/mol. The van der Waals surface area contributed by atoms with Gasteiger partial charge in [-0.3, -0.25) is 13.9 Å². The Kier molecular flexibility index (Phi) is 8.22. The Labute approximate surface area is 181 Å². The van der Waals surface area contributed by atoms with Crippen LogP contribution in [0.5, 0.6) is 5.75 Å². The fourth-order valence-electron chi connectivity index (χ4n) is 3.16. The summed E-state index contributed by atoms with van der Waals surface area (Å²) in [4.78, 5) is 59.3. The minimum Gasteiger partial charge on any atom is -0.449 e. The molecule has 1 aromatic heterocycles. The molecule has 0 amide bonds. The quantitative estimate of drug-likeness (QED) is 0.161. The summed E-state index contributed by atoms with van der Waals surface area (Å²) in [6, 6.07) is 2.33. The predicted octanol–water partition coefficient (Wildman–Crippen LogP) is 2.39. The van der Waals surface area contributed by atoms with Gasteiger partial charge in [0.1, 0.15) is 5.82 Å². The van der Waals surface area contributed by atoms with Crippen LogP contribution in [0.25, 0.3) is 10.9 Å². The highest BCUT2D eigenvalue weighted by molar-refractivity contribution is 7.70. The van der Waals surface area contributed by atoms with Crippen molar-refractivity contribution in [2.45, 2.75) is 31.1 Å². The number of unbranched alkanes of at least 4 members (excludes halogenated alkanes) is 2. The van der Waals surface area contributed by atoms with E-state index in [-0.39, 0.29) is 30.5 Å². The van der Waals surface area contributed by atoms with Crippen LogP contribution in [-0.4, -0.2) is 47.3 Å². The molecule has 0 aliphatic carbocycles. The molecule has 0 aliphatic rings. The van der Waals surface area contributed by atoms with E-state index in [0.29, 0.717) is 18.4 Å². The first-order valence-corrected chi connectivity index (χ1v) is 12.7. The summed E-state index contributed by atoms with van der Waals surface area (Å²) in [5.74, 6) is -1.22. The fraction of sp³-hybridized carbons (Fsp3) is 0.412. The highest BCUT2D eigenvalue weighted by Crippen LogP contribution is 2.61. The van der Waals surface area contributed by atoms with E-state index < -0.39 is 43.7 Å². The first kappa shape index (κ1) is 26.0. The van der Waals surface area contributed by atoms with Crippen LogP contribution in [0.1, 0.15) is 25.7 Å². The summed E-state index contributed by atoms with van der Waals surface area (Å²) in [6.07, 6.45) is 0.0573. The van der Waals surface area contributed by atoms with Gasteiger partial charge in [0.2, 0.25) is 5.43 Å². The van der Waals surface area contributed by atoms with Gasteiger partial charge in [0.05, 0.1) is 22.8 Å². The highest BCUT2D eigenvalue weighted by atomic mass is 31.2. The lowest BCUT2D eigenvalue weighted by molar-refractivity contribution is 0.144. The molecular formula is C17H23FN2O10P2. The Balaban J connectivity index is 2.02. The fourth-order valence-corrected chi connectivity index (χ4v) is 5.76. The molecule has 0 unspecified atom stereocenters. The van der Waals surface area contributed by atoms with Crippen molar-refractivity contribution in [2.24, 2.45) is 7.05 Å². The van der Waals surface area contributed by atoms with E-state index in [2.05, 4.69) is 10.1 Å². The van der Waals surface area contributed by atoms with Crippen LogP contribution >= 0.6 is 15.2 Å². The summed E-state index contributed by atoms with van der Waals surface area (Å²) in [7, 11) is -8.37. The van der Waals surface area contributed by atoms with E-state index in [1.54, 1.807) is 0 Å². The van der Waals surface area contributed by atoms with Gasteiger partial charge in [-0.15, -0.1) is 0 Å². The van der Waals surface area contributed by atoms with Gasteiger partial charge in [-0.2, -0.15) is 0 Å². The topological polar surface area (TPSA) is 196 Å². The molecule has 12 nitrogen and oxygen atoms in total. The third-order valence-electron chi connectivity index (χ3n) is 4.67. The molecule has 2 rings (SSSR count). The minimum absolute atomic E-state index is 0.0720. The number of hydrogen-bond acceptors (Lipinski definition) is 6. The molecular weight excluding hydrogens is 473 g/mol. The number of anilines is 1. The van der Waals surface area contributed by atoms with Crippen LogP contribution in [-0.2, 0) is 16.2 Å². The molecule has 0 saturated carbocycles. The molecule has 1 heterocycles. The number of hydrogen-bond donors (Lipinski definition) is 6. The summed E-state index contributed by atoms with van der Waals surface area (Å²) in [6.45, 7) is 0.243. The molecule has 0 bridgehead atoms. The van der Waals surface area contributed by atoms with E-state index in [0.717, 1.165) is 6.07 Å². The number of fused-ring (bicyclic) bond motifs is 1. The molecule has 0 atom stereocenters. The first-order chi connectivity index (χ1) is 14.7. The van der Waals surface area contributed by atoms with E-state index in [1.165, 1.54) is 23.9 Å².